The first-order valence-corrected chi connectivity index (χ1v) is 6.38. The fourth-order valence-electron chi connectivity index (χ4n) is 1.81. The van der Waals surface area contributed by atoms with Crippen LogP contribution < -0.4 is 21.5 Å². The molecular weight excluding hydrogens is 330 g/mol. The van der Waals surface area contributed by atoms with Crippen LogP contribution >= 0.6 is 15.9 Å². The van der Waals surface area contributed by atoms with Gasteiger partial charge in [0.15, 0.2) is 11.9 Å². The van der Waals surface area contributed by atoms with Gasteiger partial charge in [0.25, 0.3) is 0 Å². The Hall–Kier alpha value is -0.410. The molecule has 1 aromatic carbocycles. The van der Waals surface area contributed by atoms with Gasteiger partial charge < -0.3 is 17.0 Å². The number of hydrogen-bond acceptors (Lipinski definition) is 0. The van der Waals surface area contributed by atoms with Gasteiger partial charge in [-0.3, -0.25) is 0 Å². The van der Waals surface area contributed by atoms with Crippen molar-refractivity contribution in [3.05, 3.63) is 42.2 Å². The third kappa shape index (κ3) is 3.05. The van der Waals surface area contributed by atoms with E-state index >= 15 is 0 Å². The SMILES string of the molecule is Cc1cc2ccccc2c[n+]1CCCBr.[Br-]. The maximum atomic E-state index is 3.47. The smallest absolute Gasteiger partial charge is 0.178 e. The Kier molecular flexibility index (Phi) is 5.42. The minimum Gasteiger partial charge on any atom is -1.00 e. The van der Waals surface area contributed by atoms with E-state index in [1.807, 2.05) is 0 Å². The largest absolute Gasteiger partial charge is 1.00 e. The number of fused-ring (bicyclic) bond motifs is 1. The van der Waals surface area contributed by atoms with Crippen molar-refractivity contribution >= 4 is 26.7 Å². The van der Waals surface area contributed by atoms with Crippen molar-refractivity contribution in [1.29, 1.82) is 0 Å². The molecule has 0 aliphatic rings. The maximum absolute atomic E-state index is 3.47. The van der Waals surface area contributed by atoms with Crippen molar-refractivity contribution < 1.29 is 21.5 Å². The number of pyridine rings is 1. The van der Waals surface area contributed by atoms with Gasteiger partial charge in [0.05, 0.1) is 0 Å². The van der Waals surface area contributed by atoms with Crippen LogP contribution in [0.4, 0.5) is 0 Å². The van der Waals surface area contributed by atoms with Crippen LogP contribution in [0.2, 0.25) is 0 Å². The lowest BCUT2D eigenvalue weighted by Crippen LogP contribution is -3.00. The van der Waals surface area contributed by atoms with Gasteiger partial charge in [0.1, 0.15) is 6.54 Å². The summed E-state index contributed by atoms with van der Waals surface area (Å²) in [6.45, 7) is 3.25. The second-order valence-corrected chi connectivity index (χ2v) is 4.57. The summed E-state index contributed by atoms with van der Waals surface area (Å²) in [7, 11) is 0. The summed E-state index contributed by atoms with van der Waals surface area (Å²) in [5.41, 5.74) is 1.33. The van der Waals surface area contributed by atoms with Gasteiger partial charge in [-0.25, -0.2) is 4.57 Å². The molecule has 2 aromatic rings. The molecule has 1 heterocycles. The fourth-order valence-corrected chi connectivity index (χ4v) is 2.06. The molecule has 1 nitrogen and oxygen atoms in total. The monoisotopic (exact) mass is 343 g/mol. The number of nitrogens with zero attached hydrogens (tertiary/aromatic N) is 1. The summed E-state index contributed by atoms with van der Waals surface area (Å²) in [4.78, 5) is 0. The zero-order valence-electron chi connectivity index (χ0n) is 9.29. The average Bonchev–Trinajstić information content (AvgIpc) is 2.26. The third-order valence-corrected chi connectivity index (χ3v) is 3.20. The standard InChI is InChI=1S/C13H15BrN.BrH/c1-11-9-12-5-2-3-6-13(12)10-15(11)8-4-7-14;/h2-3,5-6,9-10H,4,7-8H2,1H3;1H/q+1;/p-1. The molecule has 0 unspecified atom stereocenters. The van der Waals surface area contributed by atoms with Crippen molar-refractivity contribution in [2.45, 2.75) is 19.9 Å². The molecule has 3 heteroatoms. The first-order valence-electron chi connectivity index (χ1n) is 5.26. The van der Waals surface area contributed by atoms with E-state index in [2.05, 4.69) is 63.9 Å². The quantitative estimate of drug-likeness (QED) is 0.554. The van der Waals surface area contributed by atoms with Gasteiger partial charge >= 0.3 is 0 Å². The topological polar surface area (TPSA) is 3.88 Å². The molecule has 0 saturated heterocycles. The number of aromatic nitrogens is 1. The zero-order valence-corrected chi connectivity index (χ0v) is 12.5. The van der Waals surface area contributed by atoms with Crippen LogP contribution in [-0.2, 0) is 6.54 Å². The summed E-state index contributed by atoms with van der Waals surface area (Å²) < 4.78 is 2.32. The van der Waals surface area contributed by atoms with Crippen molar-refractivity contribution in [2.24, 2.45) is 0 Å². The summed E-state index contributed by atoms with van der Waals surface area (Å²) in [5.74, 6) is 0. The maximum Gasteiger partial charge on any atom is 0.178 e. The van der Waals surface area contributed by atoms with E-state index in [0.717, 1.165) is 11.9 Å². The van der Waals surface area contributed by atoms with E-state index in [1.54, 1.807) is 0 Å². The average molecular weight is 345 g/mol. The molecular formula is C13H15Br2N. The minimum absolute atomic E-state index is 0. The third-order valence-electron chi connectivity index (χ3n) is 2.64. The number of hydrogen-bond donors (Lipinski definition) is 0. The lowest BCUT2D eigenvalue weighted by molar-refractivity contribution is -0.701. The highest BCUT2D eigenvalue weighted by Gasteiger charge is 2.07. The molecule has 0 amide bonds. The summed E-state index contributed by atoms with van der Waals surface area (Å²) in [6.07, 6.45) is 3.41. The van der Waals surface area contributed by atoms with E-state index in [0.29, 0.717) is 0 Å². The van der Waals surface area contributed by atoms with Gasteiger partial charge in [0, 0.05) is 30.1 Å². The molecule has 0 saturated carbocycles. The second kappa shape index (κ2) is 6.36. The summed E-state index contributed by atoms with van der Waals surface area (Å²) >= 11 is 3.47. The van der Waals surface area contributed by atoms with Gasteiger partial charge in [-0.05, 0) is 11.5 Å². The van der Waals surface area contributed by atoms with Crippen LogP contribution in [0.5, 0.6) is 0 Å². The van der Waals surface area contributed by atoms with Gasteiger partial charge in [-0.1, -0.05) is 34.1 Å². The first kappa shape index (κ1) is 13.7. The number of rotatable bonds is 3. The Morgan fingerprint density at radius 1 is 1.19 bits per heavy atom. The van der Waals surface area contributed by atoms with Crippen LogP contribution in [0.15, 0.2) is 36.5 Å². The van der Waals surface area contributed by atoms with Gasteiger partial charge in [-0.2, -0.15) is 0 Å². The Morgan fingerprint density at radius 2 is 1.88 bits per heavy atom. The van der Waals surface area contributed by atoms with E-state index in [9.17, 15) is 0 Å². The number of aryl methyl sites for hydroxylation is 2. The Balaban J connectivity index is 0.00000128. The van der Waals surface area contributed by atoms with Crippen LogP contribution in [0.3, 0.4) is 0 Å². The number of benzene rings is 1. The Labute approximate surface area is 115 Å². The highest BCUT2D eigenvalue weighted by molar-refractivity contribution is 9.09. The van der Waals surface area contributed by atoms with Crippen molar-refractivity contribution in [1.82, 2.24) is 0 Å². The van der Waals surface area contributed by atoms with Crippen LogP contribution in [-0.4, -0.2) is 5.33 Å². The highest BCUT2D eigenvalue weighted by Crippen LogP contribution is 2.11. The summed E-state index contributed by atoms with van der Waals surface area (Å²) in [6, 6.07) is 10.8. The molecule has 86 valence electrons. The molecule has 0 spiro atoms. The van der Waals surface area contributed by atoms with Gasteiger partial charge in [0.2, 0.25) is 0 Å². The Bertz CT molecular complexity index is 468. The molecule has 0 bridgehead atoms. The lowest BCUT2D eigenvalue weighted by atomic mass is 10.1. The van der Waals surface area contributed by atoms with E-state index < -0.39 is 0 Å². The van der Waals surface area contributed by atoms with Crippen molar-refractivity contribution in [3.8, 4) is 0 Å². The van der Waals surface area contributed by atoms with Gasteiger partial charge in [-0.15, -0.1) is 0 Å². The predicted molar refractivity (Wildman–Crippen MR) is 67.3 cm³/mol. The first-order chi connectivity index (χ1) is 7.31. The predicted octanol–water partition coefficient (Wildman–Crippen LogP) is 0.225. The molecule has 1 aromatic heterocycles. The molecule has 0 atom stereocenters. The van der Waals surface area contributed by atoms with Crippen molar-refractivity contribution in [3.63, 3.8) is 0 Å². The summed E-state index contributed by atoms with van der Waals surface area (Å²) in [5, 5.41) is 3.70. The van der Waals surface area contributed by atoms with E-state index in [-0.39, 0.29) is 17.0 Å². The molecule has 16 heavy (non-hydrogen) atoms. The minimum atomic E-state index is 0. The van der Waals surface area contributed by atoms with Crippen LogP contribution in [0.1, 0.15) is 12.1 Å². The zero-order chi connectivity index (χ0) is 10.7. The molecule has 0 N–H and O–H groups in total. The second-order valence-electron chi connectivity index (χ2n) is 3.78. The molecule has 0 aliphatic carbocycles. The van der Waals surface area contributed by atoms with E-state index in [1.165, 1.54) is 22.9 Å². The number of halogens is 2. The van der Waals surface area contributed by atoms with E-state index in [4.69, 9.17) is 0 Å². The van der Waals surface area contributed by atoms with Crippen LogP contribution in [0.25, 0.3) is 10.8 Å². The number of alkyl halides is 1. The normalized spacial score (nSPS) is 10.1. The lowest BCUT2D eigenvalue weighted by Gasteiger charge is -2.01. The molecule has 2 rings (SSSR count). The van der Waals surface area contributed by atoms with Crippen LogP contribution in [0, 0.1) is 6.92 Å². The highest BCUT2D eigenvalue weighted by atomic mass is 79.9. The molecule has 0 aliphatic heterocycles. The Morgan fingerprint density at radius 3 is 2.56 bits per heavy atom. The molecule has 0 radical (unpaired) electrons. The fraction of sp³-hybridized carbons (Fsp3) is 0.308. The molecule has 0 fully saturated rings. The van der Waals surface area contributed by atoms with Crippen molar-refractivity contribution in [2.75, 3.05) is 5.33 Å².